The summed E-state index contributed by atoms with van der Waals surface area (Å²) in [5.74, 6) is 2.65. The lowest BCUT2D eigenvalue weighted by Crippen LogP contribution is -2.22. The van der Waals surface area contributed by atoms with Crippen LogP contribution < -0.4 is 9.64 Å². The number of anilines is 1. The molecule has 0 amide bonds. The van der Waals surface area contributed by atoms with E-state index < -0.39 is 5.97 Å². The Bertz CT molecular complexity index is 1250. The highest BCUT2D eigenvalue weighted by Gasteiger charge is 2.25. The molecular weight excluding hydrogens is 474 g/mol. The van der Waals surface area contributed by atoms with Gasteiger partial charge in [-0.15, -0.1) is 0 Å². The fraction of sp³-hybridized carbons (Fsp3) is 0.469. The molecule has 1 N–H and O–H groups in total. The molecule has 1 fully saturated rings. The normalized spacial score (nSPS) is 17.3. The topological polar surface area (TPSA) is 75.5 Å². The van der Waals surface area contributed by atoms with Crippen molar-refractivity contribution in [3.05, 3.63) is 70.9 Å². The number of aryl methyl sites for hydroxylation is 2. The average molecular weight is 514 g/mol. The largest absolute Gasteiger partial charge is 0.494 e. The number of nitrogens with zero attached hydrogens (tertiary/aromatic N) is 3. The maximum absolute atomic E-state index is 11.1. The molecule has 2 aliphatic carbocycles. The van der Waals surface area contributed by atoms with Crippen molar-refractivity contribution in [2.24, 2.45) is 0 Å². The third-order valence-electron chi connectivity index (χ3n) is 8.12. The Morgan fingerprint density at radius 3 is 2.58 bits per heavy atom. The molecule has 5 rings (SSSR count). The monoisotopic (exact) mass is 513 g/mol. The summed E-state index contributed by atoms with van der Waals surface area (Å²) in [6.45, 7) is 3.46. The molecule has 3 aromatic rings. The van der Waals surface area contributed by atoms with Crippen molar-refractivity contribution in [2.75, 3.05) is 25.1 Å². The van der Waals surface area contributed by atoms with Crippen molar-refractivity contribution < 1.29 is 14.6 Å². The fourth-order valence-electron chi connectivity index (χ4n) is 6.02. The Balaban J connectivity index is 1.15. The second-order valence-corrected chi connectivity index (χ2v) is 11.0. The van der Waals surface area contributed by atoms with Gasteiger partial charge in [0.1, 0.15) is 11.6 Å². The standard InChI is InChI=1S/C32H39N3O3/c1-22-19-30(34-32(33-22)25-11-9-24(10-12-25)23-7-4-3-5-8-23)35(2)17-6-18-38-28-15-16-29-26(20-28)13-14-27(29)21-31(36)37/h9-12,15-16,19-20,23,27H,3-8,13-14,17-18,21H2,1-2H3,(H,36,37)/t27-/m0/s1. The Labute approximate surface area is 226 Å². The molecule has 0 saturated heterocycles. The van der Waals surface area contributed by atoms with Gasteiger partial charge in [-0.2, -0.15) is 0 Å². The van der Waals surface area contributed by atoms with Crippen LogP contribution in [0.2, 0.25) is 0 Å². The van der Waals surface area contributed by atoms with Gasteiger partial charge in [0.15, 0.2) is 5.82 Å². The number of carboxylic acid groups (broad SMARTS) is 1. The lowest BCUT2D eigenvalue weighted by atomic mass is 9.84. The number of carbonyl (C=O) groups is 1. The second-order valence-electron chi connectivity index (χ2n) is 11.0. The maximum Gasteiger partial charge on any atom is 0.303 e. The number of aromatic nitrogens is 2. The van der Waals surface area contributed by atoms with E-state index in [1.165, 1.54) is 43.2 Å². The molecule has 2 aromatic carbocycles. The second kappa shape index (κ2) is 12.0. The number of carboxylic acids is 1. The van der Waals surface area contributed by atoms with Gasteiger partial charge in [-0.1, -0.05) is 49.6 Å². The first-order valence-electron chi connectivity index (χ1n) is 14.1. The summed E-state index contributed by atoms with van der Waals surface area (Å²) in [5, 5.41) is 9.13. The molecule has 200 valence electrons. The SMILES string of the molecule is Cc1cc(N(C)CCCOc2ccc3c(c2)CC[C@H]3CC(=O)O)nc(-c2ccc(C3CCCCC3)cc2)n1. The minimum absolute atomic E-state index is 0.126. The maximum atomic E-state index is 11.1. The summed E-state index contributed by atoms with van der Waals surface area (Å²) in [4.78, 5) is 22.9. The molecule has 1 heterocycles. The number of hydrogen-bond donors (Lipinski definition) is 1. The van der Waals surface area contributed by atoms with E-state index in [0.29, 0.717) is 12.5 Å². The summed E-state index contributed by atoms with van der Waals surface area (Å²) in [7, 11) is 2.07. The molecule has 6 nitrogen and oxygen atoms in total. The minimum atomic E-state index is -0.731. The van der Waals surface area contributed by atoms with Crippen molar-refractivity contribution in [1.29, 1.82) is 0 Å². The first kappa shape index (κ1) is 26.2. The average Bonchev–Trinajstić information content (AvgIpc) is 3.32. The predicted octanol–water partition coefficient (Wildman–Crippen LogP) is 6.91. The van der Waals surface area contributed by atoms with Gasteiger partial charge < -0.3 is 14.7 Å². The van der Waals surface area contributed by atoms with Gasteiger partial charge in [-0.05, 0) is 79.7 Å². The molecule has 1 aromatic heterocycles. The van der Waals surface area contributed by atoms with Gasteiger partial charge in [-0.25, -0.2) is 9.97 Å². The van der Waals surface area contributed by atoms with E-state index in [1.807, 2.05) is 25.1 Å². The zero-order chi connectivity index (χ0) is 26.5. The number of benzene rings is 2. The van der Waals surface area contributed by atoms with Crippen molar-refractivity contribution in [2.45, 2.75) is 76.5 Å². The van der Waals surface area contributed by atoms with Crippen molar-refractivity contribution in [3.8, 4) is 17.1 Å². The third-order valence-corrected chi connectivity index (χ3v) is 8.12. The number of aliphatic carboxylic acids is 1. The van der Waals surface area contributed by atoms with Gasteiger partial charge in [0.2, 0.25) is 0 Å². The van der Waals surface area contributed by atoms with Crippen LogP contribution in [0.5, 0.6) is 5.75 Å². The lowest BCUT2D eigenvalue weighted by molar-refractivity contribution is -0.137. The van der Waals surface area contributed by atoms with Crippen LogP contribution in [0.3, 0.4) is 0 Å². The van der Waals surface area contributed by atoms with E-state index >= 15 is 0 Å². The van der Waals surface area contributed by atoms with Gasteiger partial charge >= 0.3 is 5.97 Å². The van der Waals surface area contributed by atoms with E-state index in [9.17, 15) is 4.79 Å². The van der Waals surface area contributed by atoms with E-state index in [0.717, 1.165) is 60.0 Å². The summed E-state index contributed by atoms with van der Waals surface area (Å²) in [5.41, 5.74) is 5.86. The van der Waals surface area contributed by atoms with Crippen LogP contribution in [-0.4, -0.2) is 41.2 Å². The van der Waals surface area contributed by atoms with Gasteiger partial charge in [0, 0.05) is 30.9 Å². The molecule has 0 spiro atoms. The summed E-state index contributed by atoms with van der Waals surface area (Å²) >= 11 is 0. The van der Waals surface area contributed by atoms with Crippen LogP contribution in [0.1, 0.15) is 85.6 Å². The molecule has 0 unspecified atom stereocenters. The number of hydrogen-bond acceptors (Lipinski definition) is 5. The highest BCUT2D eigenvalue weighted by Crippen LogP contribution is 2.37. The van der Waals surface area contributed by atoms with Crippen LogP contribution in [0.15, 0.2) is 48.5 Å². The predicted molar refractivity (Wildman–Crippen MR) is 151 cm³/mol. The molecule has 2 aliphatic rings. The summed E-state index contributed by atoms with van der Waals surface area (Å²) in [6, 6.07) is 17.0. The molecule has 0 bridgehead atoms. The van der Waals surface area contributed by atoms with Crippen LogP contribution in [0.25, 0.3) is 11.4 Å². The number of ether oxygens (including phenoxy) is 1. The van der Waals surface area contributed by atoms with Crippen LogP contribution in [0, 0.1) is 6.92 Å². The van der Waals surface area contributed by atoms with E-state index in [4.69, 9.17) is 19.8 Å². The first-order chi connectivity index (χ1) is 18.5. The van der Waals surface area contributed by atoms with Gasteiger partial charge in [-0.3, -0.25) is 4.79 Å². The van der Waals surface area contributed by atoms with Crippen molar-refractivity contribution in [3.63, 3.8) is 0 Å². The van der Waals surface area contributed by atoms with Crippen LogP contribution in [0.4, 0.5) is 5.82 Å². The Morgan fingerprint density at radius 2 is 1.82 bits per heavy atom. The van der Waals surface area contributed by atoms with Gasteiger partial charge in [0.25, 0.3) is 0 Å². The molecular formula is C32H39N3O3. The molecule has 1 atom stereocenters. The molecule has 38 heavy (non-hydrogen) atoms. The number of fused-ring (bicyclic) bond motifs is 1. The zero-order valence-electron chi connectivity index (χ0n) is 22.7. The Hall–Kier alpha value is -3.41. The Kier molecular flexibility index (Phi) is 8.26. The lowest BCUT2D eigenvalue weighted by Gasteiger charge is -2.22. The molecule has 0 radical (unpaired) electrons. The van der Waals surface area contributed by atoms with Gasteiger partial charge in [0.05, 0.1) is 13.0 Å². The summed E-state index contributed by atoms with van der Waals surface area (Å²) in [6.07, 6.45) is 9.56. The van der Waals surface area contributed by atoms with E-state index in [2.05, 4.69) is 42.3 Å². The minimum Gasteiger partial charge on any atom is -0.494 e. The first-order valence-corrected chi connectivity index (χ1v) is 14.1. The fourth-order valence-corrected chi connectivity index (χ4v) is 6.02. The smallest absolute Gasteiger partial charge is 0.303 e. The third kappa shape index (κ3) is 6.35. The van der Waals surface area contributed by atoms with Crippen LogP contribution >= 0.6 is 0 Å². The quantitative estimate of drug-likeness (QED) is 0.297. The molecule has 6 heteroatoms. The van der Waals surface area contributed by atoms with Crippen molar-refractivity contribution >= 4 is 11.8 Å². The molecule has 0 aliphatic heterocycles. The van der Waals surface area contributed by atoms with E-state index in [1.54, 1.807) is 0 Å². The Morgan fingerprint density at radius 1 is 1.03 bits per heavy atom. The van der Waals surface area contributed by atoms with Crippen molar-refractivity contribution in [1.82, 2.24) is 9.97 Å². The highest BCUT2D eigenvalue weighted by atomic mass is 16.5. The molecule has 1 saturated carbocycles. The zero-order valence-corrected chi connectivity index (χ0v) is 22.7. The summed E-state index contributed by atoms with van der Waals surface area (Å²) < 4.78 is 6.04. The van der Waals surface area contributed by atoms with E-state index in [-0.39, 0.29) is 12.3 Å². The van der Waals surface area contributed by atoms with Crippen LogP contribution in [-0.2, 0) is 11.2 Å². The number of rotatable bonds is 10. The highest BCUT2D eigenvalue weighted by molar-refractivity contribution is 5.68.